The normalized spacial score (nSPS) is 19.5. The average molecular weight is 276 g/mol. The Morgan fingerprint density at radius 3 is 2.83 bits per heavy atom. The zero-order chi connectivity index (χ0) is 13.3. The molecule has 18 heavy (non-hydrogen) atoms. The summed E-state index contributed by atoms with van der Waals surface area (Å²) in [6.45, 7) is -0.484. The van der Waals surface area contributed by atoms with E-state index in [9.17, 15) is 18.0 Å². The number of amides is 2. The highest BCUT2D eigenvalue weighted by Gasteiger charge is 2.44. The molecule has 1 saturated heterocycles. The Labute approximate surface area is 101 Å². The molecule has 0 aliphatic carbocycles. The lowest BCUT2D eigenvalue weighted by atomic mass is 10.1. The van der Waals surface area contributed by atoms with E-state index in [-0.39, 0.29) is 17.4 Å². The van der Waals surface area contributed by atoms with Crippen molar-refractivity contribution in [3.05, 3.63) is 6.33 Å². The van der Waals surface area contributed by atoms with Crippen molar-refractivity contribution in [2.24, 2.45) is 0 Å². The van der Waals surface area contributed by atoms with Crippen molar-refractivity contribution in [2.45, 2.75) is 12.6 Å². The fourth-order valence-electron chi connectivity index (χ4n) is 1.35. The third kappa shape index (κ3) is 2.43. The molecule has 1 unspecified atom stereocenters. The first kappa shape index (κ1) is 12.4. The summed E-state index contributed by atoms with van der Waals surface area (Å²) in [7, 11) is -4.54. The van der Waals surface area contributed by atoms with Crippen molar-refractivity contribution in [1.29, 1.82) is 0 Å². The molecule has 1 fully saturated rings. The van der Waals surface area contributed by atoms with Crippen molar-refractivity contribution in [2.75, 3.05) is 6.54 Å². The zero-order valence-corrected chi connectivity index (χ0v) is 9.61. The van der Waals surface area contributed by atoms with Gasteiger partial charge in [0, 0.05) is 0 Å². The van der Waals surface area contributed by atoms with Crippen LogP contribution in [0.4, 0.5) is 0 Å². The SMILES string of the molecule is O=C(Cn1cnnn1)NC1CN(S(=O)(=O)O)C1=O. The number of nitrogens with zero attached hydrogens (tertiary/aromatic N) is 5. The third-order valence-electron chi connectivity index (χ3n) is 2.20. The lowest BCUT2D eigenvalue weighted by Gasteiger charge is -2.35. The predicted molar refractivity (Wildman–Crippen MR) is 53.0 cm³/mol. The number of aromatic nitrogens is 4. The predicted octanol–water partition coefficient (Wildman–Crippen LogP) is -3.20. The van der Waals surface area contributed by atoms with E-state index >= 15 is 0 Å². The van der Waals surface area contributed by atoms with Gasteiger partial charge < -0.3 is 5.32 Å². The molecule has 1 aliphatic heterocycles. The van der Waals surface area contributed by atoms with Crippen LogP contribution < -0.4 is 5.32 Å². The maximum Gasteiger partial charge on any atom is 0.362 e. The lowest BCUT2D eigenvalue weighted by molar-refractivity contribution is -0.140. The Morgan fingerprint density at radius 2 is 2.33 bits per heavy atom. The molecular formula is C6H8N6O5S. The van der Waals surface area contributed by atoms with E-state index in [0.717, 1.165) is 4.68 Å². The van der Waals surface area contributed by atoms with Gasteiger partial charge in [0.2, 0.25) is 5.91 Å². The average Bonchev–Trinajstić information content (AvgIpc) is 2.74. The second kappa shape index (κ2) is 4.30. The number of hydrogen-bond acceptors (Lipinski definition) is 7. The fourth-order valence-corrected chi connectivity index (χ4v) is 2.04. The number of carbonyl (C=O) groups excluding carboxylic acids is 2. The summed E-state index contributed by atoms with van der Waals surface area (Å²) in [4.78, 5) is 22.7. The number of nitrogens with one attached hydrogen (secondary N) is 1. The Balaban J connectivity index is 1.86. The van der Waals surface area contributed by atoms with Crippen molar-refractivity contribution in [3.8, 4) is 0 Å². The number of β-lactam (4-membered cyclic amide) rings is 1. The van der Waals surface area contributed by atoms with Crippen LogP contribution in [0, 0.1) is 0 Å². The van der Waals surface area contributed by atoms with Crippen LogP contribution in [0.1, 0.15) is 0 Å². The summed E-state index contributed by atoms with van der Waals surface area (Å²) in [5.74, 6) is -1.43. The van der Waals surface area contributed by atoms with E-state index in [1.807, 2.05) is 0 Å². The first-order valence-electron chi connectivity index (χ1n) is 4.67. The van der Waals surface area contributed by atoms with Gasteiger partial charge in [-0.25, -0.2) is 8.99 Å². The first-order chi connectivity index (χ1) is 8.38. The lowest BCUT2D eigenvalue weighted by Crippen LogP contribution is -2.65. The quantitative estimate of drug-likeness (QED) is 0.431. The van der Waals surface area contributed by atoms with Gasteiger partial charge >= 0.3 is 10.3 Å². The monoisotopic (exact) mass is 276 g/mol. The molecule has 98 valence electrons. The number of rotatable bonds is 4. The number of carbonyl (C=O) groups is 2. The molecule has 2 rings (SSSR count). The van der Waals surface area contributed by atoms with E-state index in [2.05, 4.69) is 20.8 Å². The molecule has 11 nitrogen and oxygen atoms in total. The van der Waals surface area contributed by atoms with Gasteiger partial charge in [-0.1, -0.05) is 0 Å². The van der Waals surface area contributed by atoms with Gasteiger partial charge in [0.05, 0.1) is 6.54 Å². The first-order valence-corrected chi connectivity index (χ1v) is 6.07. The Bertz CT molecular complexity index is 567. The van der Waals surface area contributed by atoms with Gasteiger partial charge in [-0.2, -0.15) is 8.42 Å². The molecule has 1 atom stereocenters. The Kier molecular flexibility index (Phi) is 2.96. The van der Waals surface area contributed by atoms with Crippen molar-refractivity contribution in [3.63, 3.8) is 0 Å². The van der Waals surface area contributed by atoms with Crippen LogP contribution in [0.2, 0.25) is 0 Å². The van der Waals surface area contributed by atoms with Crippen LogP contribution in [-0.2, 0) is 26.4 Å². The molecule has 1 aromatic heterocycles. The minimum atomic E-state index is -4.54. The fraction of sp³-hybridized carbons (Fsp3) is 0.500. The Hall–Kier alpha value is -2.08. The highest BCUT2D eigenvalue weighted by molar-refractivity contribution is 7.84. The van der Waals surface area contributed by atoms with Gasteiger partial charge in [-0.05, 0) is 10.4 Å². The van der Waals surface area contributed by atoms with Crippen LogP contribution in [0.15, 0.2) is 6.33 Å². The second-order valence-corrected chi connectivity index (χ2v) is 4.81. The number of tetrazole rings is 1. The van der Waals surface area contributed by atoms with Crippen molar-refractivity contribution in [1.82, 2.24) is 29.8 Å². The zero-order valence-electron chi connectivity index (χ0n) is 8.79. The van der Waals surface area contributed by atoms with E-state index in [1.165, 1.54) is 6.33 Å². The van der Waals surface area contributed by atoms with Gasteiger partial charge in [0.25, 0.3) is 5.91 Å². The van der Waals surface area contributed by atoms with Gasteiger partial charge in [-0.3, -0.25) is 14.1 Å². The maximum absolute atomic E-state index is 11.4. The van der Waals surface area contributed by atoms with E-state index in [4.69, 9.17) is 4.55 Å². The van der Waals surface area contributed by atoms with Gasteiger partial charge in [0.15, 0.2) is 0 Å². The standard InChI is InChI=1S/C6H8N6O5S/c13-5(2-11-3-7-9-10-11)8-4-1-12(6(4)14)18(15,16)17/h3-4H,1-2H2,(H,8,13)(H,15,16,17). The molecule has 1 aliphatic rings. The summed E-state index contributed by atoms with van der Waals surface area (Å²) in [6, 6.07) is -0.962. The topological polar surface area (TPSA) is 147 Å². The summed E-state index contributed by atoms with van der Waals surface area (Å²) >= 11 is 0. The highest BCUT2D eigenvalue weighted by Crippen LogP contribution is 2.13. The summed E-state index contributed by atoms with van der Waals surface area (Å²) in [6.07, 6.45) is 1.21. The molecular weight excluding hydrogens is 268 g/mol. The molecule has 2 heterocycles. The van der Waals surface area contributed by atoms with E-state index < -0.39 is 28.2 Å². The molecule has 0 radical (unpaired) electrons. The molecule has 1 aromatic rings. The molecule has 0 saturated carbocycles. The van der Waals surface area contributed by atoms with Crippen LogP contribution in [-0.4, -0.2) is 61.9 Å². The van der Waals surface area contributed by atoms with Gasteiger partial charge in [-0.15, -0.1) is 5.10 Å². The van der Waals surface area contributed by atoms with Crippen LogP contribution in [0.3, 0.4) is 0 Å². The minimum absolute atomic E-state index is 0.192. The van der Waals surface area contributed by atoms with Crippen molar-refractivity contribution < 1.29 is 22.6 Å². The van der Waals surface area contributed by atoms with Crippen LogP contribution in [0.5, 0.6) is 0 Å². The van der Waals surface area contributed by atoms with Crippen LogP contribution in [0.25, 0.3) is 0 Å². The minimum Gasteiger partial charge on any atom is -0.341 e. The molecule has 12 heteroatoms. The molecule has 0 aromatic carbocycles. The molecule has 2 amide bonds. The second-order valence-electron chi connectivity index (χ2n) is 3.47. The third-order valence-corrected chi connectivity index (χ3v) is 3.09. The summed E-state index contributed by atoms with van der Waals surface area (Å²) in [5, 5.41) is 12.4. The van der Waals surface area contributed by atoms with Crippen molar-refractivity contribution >= 4 is 22.1 Å². The maximum atomic E-state index is 11.4. The molecule has 0 spiro atoms. The number of hydrogen-bond donors (Lipinski definition) is 2. The molecule has 2 N–H and O–H groups in total. The smallest absolute Gasteiger partial charge is 0.341 e. The van der Waals surface area contributed by atoms with Crippen LogP contribution >= 0.6 is 0 Å². The highest BCUT2D eigenvalue weighted by atomic mass is 32.2. The van der Waals surface area contributed by atoms with Gasteiger partial charge in [0.1, 0.15) is 18.9 Å². The van der Waals surface area contributed by atoms with E-state index in [1.54, 1.807) is 0 Å². The largest absolute Gasteiger partial charge is 0.362 e. The summed E-state index contributed by atoms with van der Waals surface area (Å²) < 4.78 is 31.3. The van der Waals surface area contributed by atoms with E-state index in [0.29, 0.717) is 0 Å². The summed E-state index contributed by atoms with van der Waals surface area (Å²) in [5.41, 5.74) is 0. The molecule has 0 bridgehead atoms. The Morgan fingerprint density at radius 1 is 1.61 bits per heavy atom.